The van der Waals surface area contributed by atoms with Crippen molar-refractivity contribution in [3.63, 3.8) is 0 Å². The number of hydrogen-bond acceptors (Lipinski definition) is 4. The molecule has 0 radical (unpaired) electrons. The summed E-state index contributed by atoms with van der Waals surface area (Å²) in [5, 5.41) is 14.6. The molecule has 2 bridgehead atoms. The Morgan fingerprint density at radius 3 is 0.976 bits per heavy atom. The maximum atomic E-state index is 5.55. The highest BCUT2D eigenvalue weighted by molar-refractivity contribution is 9.10. The number of anilines is 2. The Hall–Kier alpha value is -9.86. The van der Waals surface area contributed by atoms with Crippen LogP contribution in [0.25, 0.3) is 143 Å². The lowest BCUT2D eigenvalue weighted by molar-refractivity contribution is 0.657. The molecule has 0 saturated heterocycles. The molecule has 85 heavy (non-hydrogen) atoms. The number of nitrogens with zero attached hydrogens (tertiary/aromatic N) is 6. The van der Waals surface area contributed by atoms with Gasteiger partial charge in [-0.05, 0) is 126 Å². The van der Waals surface area contributed by atoms with Crippen LogP contribution in [0.2, 0.25) is 0 Å². The van der Waals surface area contributed by atoms with Gasteiger partial charge in [0.05, 0.1) is 40.1 Å². The fourth-order valence-corrected chi connectivity index (χ4v) is 14.9. The first kappa shape index (κ1) is 48.6. The Bertz CT molecular complexity index is 5130. The molecule has 16 aromatic rings. The zero-order valence-electron chi connectivity index (χ0n) is 45.8. The topological polar surface area (TPSA) is 42.1 Å². The molecule has 18 rings (SSSR count). The van der Waals surface area contributed by atoms with Gasteiger partial charge in [0.15, 0.2) is 0 Å². The predicted molar refractivity (Wildman–Crippen MR) is 362 cm³/mol. The van der Waals surface area contributed by atoms with E-state index in [0.717, 1.165) is 95.7 Å². The number of benzene rings is 14. The van der Waals surface area contributed by atoms with Crippen molar-refractivity contribution in [2.45, 2.75) is 13.1 Å². The van der Waals surface area contributed by atoms with E-state index in [0.29, 0.717) is 0 Å². The fourth-order valence-electron chi connectivity index (χ4n) is 14.4. The highest BCUT2D eigenvalue weighted by atomic mass is 79.9. The van der Waals surface area contributed by atoms with Crippen molar-refractivity contribution in [3.05, 3.63) is 275 Å². The molecule has 8 heteroatoms. The molecule has 0 spiro atoms. The molecule has 0 fully saturated rings. The van der Waals surface area contributed by atoms with Gasteiger partial charge in [-0.3, -0.25) is 9.13 Å². The van der Waals surface area contributed by atoms with E-state index < -0.39 is 0 Å². The van der Waals surface area contributed by atoms with Gasteiger partial charge in [-0.2, -0.15) is 0 Å². The van der Waals surface area contributed by atoms with Crippen molar-refractivity contribution in [1.82, 2.24) is 19.1 Å². The summed E-state index contributed by atoms with van der Waals surface area (Å²) in [6.45, 7) is 2.43. The van der Waals surface area contributed by atoms with Crippen LogP contribution >= 0.6 is 31.9 Å². The van der Waals surface area contributed by atoms with Crippen molar-refractivity contribution in [1.29, 1.82) is 0 Å². The summed E-state index contributed by atoms with van der Waals surface area (Å²) in [5.41, 5.74) is 18.6. The first-order chi connectivity index (χ1) is 42.0. The van der Waals surface area contributed by atoms with Crippen LogP contribution in [0.15, 0.2) is 264 Å². The molecule has 0 saturated carbocycles. The summed E-state index contributed by atoms with van der Waals surface area (Å²) in [7, 11) is 0. The number of aromatic nitrogens is 4. The van der Waals surface area contributed by atoms with Crippen LogP contribution < -0.4 is 9.80 Å². The molecule has 2 aliphatic rings. The molecule has 14 aromatic carbocycles. The summed E-state index contributed by atoms with van der Waals surface area (Å²) in [4.78, 5) is 16.3. The standard InChI is InChI=1S/C77H48Br2N6/c78-52-33-37-54(38-34-52)84-74-66-23-11-3-15-58(66)56-13-1-7-19-62(56)70(74)80-76(84)48-29-25-46(26-30-48)68-41-50-43-82-45-83(72(50)64-21-9-5-17-60(64)68)44-51-42-69(61-18-6-10-22-65(61)73(51)82)47-27-31-49(32-28-47)77-81-71-63-20-8-2-14-57(63)59-16-4-12-24-67(59)75(71)85(77)55-39-35-53(79)36-40-55/h1-42H,43-45H2. The molecule has 0 N–H and O–H groups in total. The molecule has 0 atom stereocenters. The predicted octanol–water partition coefficient (Wildman–Crippen LogP) is 20.8. The number of hydrogen-bond donors (Lipinski definition) is 0. The monoisotopic (exact) mass is 1210 g/mol. The van der Waals surface area contributed by atoms with Crippen molar-refractivity contribution < 1.29 is 0 Å². The molecular formula is C77H48Br2N6. The van der Waals surface area contributed by atoms with E-state index >= 15 is 0 Å². The molecule has 2 aliphatic heterocycles. The molecule has 0 aliphatic carbocycles. The van der Waals surface area contributed by atoms with Gasteiger partial charge >= 0.3 is 0 Å². The molecule has 2 aromatic heterocycles. The zero-order valence-corrected chi connectivity index (χ0v) is 49.0. The Morgan fingerprint density at radius 2 is 0.600 bits per heavy atom. The van der Waals surface area contributed by atoms with Crippen LogP contribution in [-0.4, -0.2) is 25.8 Å². The van der Waals surface area contributed by atoms with Gasteiger partial charge in [-0.1, -0.05) is 226 Å². The van der Waals surface area contributed by atoms with Crippen LogP contribution in [0.1, 0.15) is 11.1 Å². The number of fused-ring (bicyclic) bond motifs is 22. The van der Waals surface area contributed by atoms with Gasteiger partial charge in [0.1, 0.15) is 11.6 Å². The summed E-state index contributed by atoms with van der Waals surface area (Å²) in [5.74, 6) is 1.83. The van der Waals surface area contributed by atoms with E-state index in [4.69, 9.17) is 9.97 Å². The normalized spacial score (nSPS) is 13.1. The smallest absolute Gasteiger partial charge is 0.145 e. The van der Waals surface area contributed by atoms with E-state index in [1.54, 1.807) is 0 Å². The highest BCUT2D eigenvalue weighted by Gasteiger charge is 2.34. The summed E-state index contributed by atoms with van der Waals surface area (Å²) < 4.78 is 6.79. The zero-order chi connectivity index (χ0) is 56.0. The average Bonchev–Trinajstić information content (AvgIpc) is 2.31. The van der Waals surface area contributed by atoms with Crippen molar-refractivity contribution in [2.24, 2.45) is 0 Å². The Balaban J connectivity index is 0.725. The van der Waals surface area contributed by atoms with Gasteiger partial charge in [0, 0.05) is 76.9 Å². The highest BCUT2D eigenvalue weighted by Crippen LogP contribution is 2.50. The van der Waals surface area contributed by atoms with Gasteiger partial charge in [0.2, 0.25) is 0 Å². The minimum Gasteiger partial charge on any atom is -0.349 e. The van der Waals surface area contributed by atoms with E-state index in [1.165, 1.54) is 98.6 Å². The first-order valence-electron chi connectivity index (χ1n) is 28.9. The maximum Gasteiger partial charge on any atom is 0.145 e. The third-order valence-corrected chi connectivity index (χ3v) is 19.1. The molecule has 400 valence electrons. The lowest BCUT2D eigenvalue weighted by atomic mass is 9.88. The molecule has 0 amide bonds. The van der Waals surface area contributed by atoms with E-state index in [1.807, 2.05) is 0 Å². The Morgan fingerprint density at radius 1 is 0.294 bits per heavy atom. The van der Waals surface area contributed by atoms with E-state index in [2.05, 4.69) is 306 Å². The van der Waals surface area contributed by atoms with E-state index in [9.17, 15) is 0 Å². The van der Waals surface area contributed by atoms with Crippen LogP contribution in [-0.2, 0) is 13.1 Å². The molecule has 6 nitrogen and oxygen atoms in total. The largest absolute Gasteiger partial charge is 0.349 e. The average molecular weight is 1220 g/mol. The number of halogens is 2. The lowest BCUT2D eigenvalue weighted by Crippen LogP contribution is -2.46. The van der Waals surface area contributed by atoms with Crippen LogP contribution in [0.5, 0.6) is 0 Å². The van der Waals surface area contributed by atoms with Crippen LogP contribution in [0.3, 0.4) is 0 Å². The number of rotatable bonds is 6. The molecule has 0 unspecified atom stereocenters. The molecule has 4 heterocycles. The van der Waals surface area contributed by atoms with Gasteiger partial charge in [-0.25, -0.2) is 9.97 Å². The lowest BCUT2D eigenvalue weighted by Gasteiger charge is -2.46. The second kappa shape index (κ2) is 18.8. The summed E-state index contributed by atoms with van der Waals surface area (Å²) >= 11 is 7.40. The first-order valence-corrected chi connectivity index (χ1v) is 30.5. The van der Waals surface area contributed by atoms with E-state index in [-0.39, 0.29) is 0 Å². The summed E-state index contributed by atoms with van der Waals surface area (Å²) in [6, 6.07) is 93.3. The minimum atomic E-state index is 0.801. The molecular weight excluding hydrogens is 1170 g/mol. The van der Waals surface area contributed by atoms with Crippen molar-refractivity contribution >= 4 is 130 Å². The third kappa shape index (κ3) is 7.41. The van der Waals surface area contributed by atoms with Gasteiger partial charge < -0.3 is 9.80 Å². The summed E-state index contributed by atoms with van der Waals surface area (Å²) in [6.07, 6.45) is 0. The second-order valence-corrected chi connectivity index (χ2v) is 24.5. The Kier molecular flexibility index (Phi) is 10.8. The minimum absolute atomic E-state index is 0.801. The van der Waals surface area contributed by atoms with Gasteiger partial charge in [-0.15, -0.1) is 0 Å². The SMILES string of the molecule is Brc1ccc(-n2c(-c3ccc(-c4cc5c(c6ccccc46)N4Cc6cc(-c7ccc(-c8nc9c%10ccccc%10c%10ccccc%10c9n8-c8ccc(Br)cc8)cc7)c7ccccc7c6N(C5)C4)cc3)nc3c4ccccc4c4ccccc4c32)cc1. The maximum absolute atomic E-state index is 5.55. The number of imidazole rings is 2. The van der Waals surface area contributed by atoms with Gasteiger partial charge in [0.25, 0.3) is 0 Å². The fraction of sp³-hybridized carbons (Fsp3) is 0.0390. The Labute approximate surface area is 506 Å². The third-order valence-electron chi connectivity index (χ3n) is 18.0. The van der Waals surface area contributed by atoms with Crippen molar-refractivity contribution in [2.75, 3.05) is 16.5 Å². The second-order valence-electron chi connectivity index (χ2n) is 22.7. The quantitative estimate of drug-likeness (QED) is 0.156. The van der Waals surface area contributed by atoms with Crippen LogP contribution in [0.4, 0.5) is 11.4 Å². The van der Waals surface area contributed by atoms with Crippen molar-refractivity contribution in [3.8, 4) is 56.4 Å². The van der Waals surface area contributed by atoms with Crippen LogP contribution in [0, 0.1) is 0 Å².